The number of piperidine rings is 1. The molecule has 112 valence electrons. The first-order chi connectivity index (χ1) is 9.99. The van der Waals surface area contributed by atoms with E-state index >= 15 is 0 Å². The molecule has 3 heterocycles. The Labute approximate surface area is 122 Å². The number of carbonyl (C=O) groups excluding carboxylic acids is 1. The Morgan fingerprint density at radius 3 is 2.95 bits per heavy atom. The monoisotopic (exact) mass is 289 g/mol. The summed E-state index contributed by atoms with van der Waals surface area (Å²) in [5.74, 6) is 0.828. The van der Waals surface area contributed by atoms with Gasteiger partial charge in [0, 0.05) is 20.1 Å². The van der Waals surface area contributed by atoms with Gasteiger partial charge < -0.3 is 13.9 Å². The van der Waals surface area contributed by atoms with Crippen molar-refractivity contribution in [1.29, 1.82) is 0 Å². The van der Waals surface area contributed by atoms with E-state index in [2.05, 4.69) is 11.9 Å². The quantitative estimate of drug-likeness (QED) is 0.801. The molecule has 1 atom stereocenters. The zero-order valence-electron chi connectivity index (χ0n) is 12.5. The van der Waals surface area contributed by atoms with Crippen molar-refractivity contribution in [3.8, 4) is 0 Å². The number of carbonyl (C=O) groups is 1. The SMILES string of the molecule is Cc1oc2ncn(C)c(=O)c2c1C(=O)N1CCCC(C)C1. The Morgan fingerprint density at radius 2 is 2.24 bits per heavy atom. The largest absolute Gasteiger partial charge is 0.442 e. The minimum atomic E-state index is -0.245. The van der Waals surface area contributed by atoms with Crippen LogP contribution in [-0.2, 0) is 7.05 Å². The van der Waals surface area contributed by atoms with Gasteiger partial charge in [0.1, 0.15) is 17.5 Å². The molecule has 1 aliphatic heterocycles. The van der Waals surface area contributed by atoms with Crippen molar-refractivity contribution >= 4 is 17.0 Å². The lowest BCUT2D eigenvalue weighted by Gasteiger charge is -2.30. The highest BCUT2D eigenvalue weighted by Crippen LogP contribution is 2.25. The van der Waals surface area contributed by atoms with Crippen LogP contribution in [0, 0.1) is 12.8 Å². The molecule has 1 saturated heterocycles. The number of amides is 1. The Morgan fingerprint density at radius 1 is 1.48 bits per heavy atom. The summed E-state index contributed by atoms with van der Waals surface area (Å²) in [4.78, 5) is 31.0. The fraction of sp³-hybridized carbons (Fsp3) is 0.533. The lowest BCUT2D eigenvalue weighted by Crippen LogP contribution is -2.39. The summed E-state index contributed by atoms with van der Waals surface area (Å²) < 4.78 is 6.87. The number of aryl methyl sites for hydroxylation is 2. The van der Waals surface area contributed by atoms with Gasteiger partial charge in [-0.3, -0.25) is 9.59 Å². The second kappa shape index (κ2) is 5.02. The highest BCUT2D eigenvalue weighted by Gasteiger charge is 2.28. The molecule has 1 fully saturated rings. The highest BCUT2D eigenvalue weighted by atomic mass is 16.3. The standard InChI is InChI=1S/C15H19N3O3/c1-9-5-4-6-18(7-9)15(20)11-10(2)21-13-12(11)14(19)17(3)8-16-13/h8-9H,4-7H2,1-3H3. The minimum Gasteiger partial charge on any atom is -0.442 e. The maximum atomic E-state index is 12.8. The topological polar surface area (TPSA) is 68.3 Å². The molecule has 0 bridgehead atoms. The Kier molecular flexibility index (Phi) is 3.31. The lowest BCUT2D eigenvalue weighted by atomic mass is 9.99. The van der Waals surface area contributed by atoms with Gasteiger partial charge in [-0.15, -0.1) is 0 Å². The van der Waals surface area contributed by atoms with Gasteiger partial charge in [-0.2, -0.15) is 0 Å². The summed E-state index contributed by atoms with van der Waals surface area (Å²) >= 11 is 0. The van der Waals surface area contributed by atoms with Crippen LogP contribution in [0.3, 0.4) is 0 Å². The molecule has 0 aliphatic carbocycles. The van der Waals surface area contributed by atoms with Crippen molar-refractivity contribution < 1.29 is 9.21 Å². The summed E-state index contributed by atoms with van der Waals surface area (Å²) in [6.07, 6.45) is 3.54. The molecule has 2 aromatic heterocycles. The van der Waals surface area contributed by atoms with E-state index < -0.39 is 0 Å². The van der Waals surface area contributed by atoms with Crippen LogP contribution in [0.4, 0.5) is 0 Å². The van der Waals surface area contributed by atoms with Crippen LogP contribution in [-0.4, -0.2) is 33.4 Å². The Balaban J connectivity index is 2.11. The molecule has 0 radical (unpaired) electrons. The van der Waals surface area contributed by atoms with E-state index in [0.29, 0.717) is 22.6 Å². The summed E-state index contributed by atoms with van der Waals surface area (Å²) in [5, 5.41) is 0.292. The van der Waals surface area contributed by atoms with Gasteiger partial charge in [0.2, 0.25) is 5.71 Å². The predicted octanol–water partition coefficient (Wildman–Crippen LogP) is 1.71. The smallest absolute Gasteiger partial charge is 0.265 e. The molecule has 0 spiro atoms. The molecule has 2 aromatic rings. The normalized spacial score (nSPS) is 19.2. The van der Waals surface area contributed by atoms with Crippen LogP contribution < -0.4 is 5.56 Å². The zero-order valence-corrected chi connectivity index (χ0v) is 12.5. The number of rotatable bonds is 1. The predicted molar refractivity (Wildman–Crippen MR) is 78.3 cm³/mol. The van der Waals surface area contributed by atoms with E-state index in [4.69, 9.17) is 4.42 Å². The average Bonchev–Trinajstić information content (AvgIpc) is 2.79. The molecule has 0 saturated carbocycles. The van der Waals surface area contributed by atoms with Crippen molar-refractivity contribution in [2.75, 3.05) is 13.1 Å². The molecule has 3 rings (SSSR count). The minimum absolute atomic E-state index is 0.122. The second-order valence-corrected chi connectivity index (χ2v) is 5.87. The van der Waals surface area contributed by atoms with E-state index in [1.807, 2.05) is 4.90 Å². The first-order valence-corrected chi connectivity index (χ1v) is 7.23. The number of furan rings is 1. The number of fused-ring (bicyclic) bond motifs is 1. The fourth-order valence-corrected chi connectivity index (χ4v) is 2.98. The summed E-state index contributed by atoms with van der Waals surface area (Å²) in [5.41, 5.74) is 0.363. The van der Waals surface area contributed by atoms with Crippen molar-refractivity contribution in [3.05, 3.63) is 28.0 Å². The van der Waals surface area contributed by atoms with Crippen LogP contribution in [0.5, 0.6) is 0 Å². The van der Waals surface area contributed by atoms with Crippen molar-refractivity contribution in [3.63, 3.8) is 0 Å². The molecule has 0 aromatic carbocycles. The van der Waals surface area contributed by atoms with Crippen molar-refractivity contribution in [2.24, 2.45) is 13.0 Å². The number of hydrogen-bond donors (Lipinski definition) is 0. The fourth-order valence-electron chi connectivity index (χ4n) is 2.98. The van der Waals surface area contributed by atoms with Crippen LogP contribution in [0.1, 0.15) is 35.9 Å². The van der Waals surface area contributed by atoms with Crippen molar-refractivity contribution in [1.82, 2.24) is 14.5 Å². The maximum absolute atomic E-state index is 12.8. The van der Waals surface area contributed by atoms with Crippen LogP contribution in [0.15, 0.2) is 15.5 Å². The van der Waals surface area contributed by atoms with Crippen LogP contribution in [0.25, 0.3) is 11.1 Å². The third kappa shape index (κ3) is 2.24. The molecular weight excluding hydrogens is 270 g/mol. The third-order valence-corrected chi connectivity index (χ3v) is 4.11. The molecule has 6 nitrogen and oxygen atoms in total. The van der Waals surface area contributed by atoms with E-state index in [1.54, 1.807) is 14.0 Å². The molecule has 1 aliphatic rings. The van der Waals surface area contributed by atoms with Crippen LogP contribution in [0.2, 0.25) is 0 Å². The van der Waals surface area contributed by atoms with Gasteiger partial charge in [-0.25, -0.2) is 4.98 Å². The summed E-state index contributed by atoms with van der Waals surface area (Å²) in [7, 11) is 1.62. The number of hydrogen-bond acceptors (Lipinski definition) is 4. The molecule has 6 heteroatoms. The third-order valence-electron chi connectivity index (χ3n) is 4.11. The van der Waals surface area contributed by atoms with Gasteiger partial charge in [0.25, 0.3) is 11.5 Å². The van der Waals surface area contributed by atoms with Gasteiger partial charge >= 0.3 is 0 Å². The molecule has 1 amide bonds. The number of nitrogens with zero attached hydrogens (tertiary/aromatic N) is 3. The first kappa shape index (κ1) is 13.9. The first-order valence-electron chi connectivity index (χ1n) is 7.23. The van der Waals surface area contributed by atoms with E-state index in [9.17, 15) is 9.59 Å². The Bertz CT molecular complexity index is 759. The molecule has 0 N–H and O–H groups in total. The highest BCUT2D eigenvalue weighted by molar-refractivity contribution is 6.06. The van der Waals surface area contributed by atoms with Gasteiger partial charge in [-0.1, -0.05) is 6.92 Å². The van der Waals surface area contributed by atoms with Gasteiger partial charge in [0.05, 0.1) is 5.56 Å². The van der Waals surface area contributed by atoms with E-state index in [1.165, 1.54) is 10.9 Å². The Hall–Kier alpha value is -2.11. The average molecular weight is 289 g/mol. The van der Waals surface area contributed by atoms with Crippen LogP contribution >= 0.6 is 0 Å². The van der Waals surface area contributed by atoms with Gasteiger partial charge in [-0.05, 0) is 25.7 Å². The summed E-state index contributed by atoms with van der Waals surface area (Å²) in [6.45, 7) is 5.31. The maximum Gasteiger partial charge on any atom is 0.265 e. The number of likely N-dealkylation sites (tertiary alicyclic amines) is 1. The zero-order chi connectivity index (χ0) is 15.1. The molecule has 1 unspecified atom stereocenters. The summed E-state index contributed by atoms with van der Waals surface area (Å²) in [6, 6.07) is 0. The second-order valence-electron chi connectivity index (χ2n) is 5.87. The molecular formula is C15H19N3O3. The number of aromatic nitrogens is 2. The lowest BCUT2D eigenvalue weighted by molar-refractivity contribution is 0.0683. The van der Waals surface area contributed by atoms with Crippen molar-refractivity contribution in [2.45, 2.75) is 26.7 Å². The van der Waals surface area contributed by atoms with Gasteiger partial charge in [0.15, 0.2) is 0 Å². The van der Waals surface area contributed by atoms with E-state index in [0.717, 1.165) is 25.9 Å². The molecule has 21 heavy (non-hydrogen) atoms. The van der Waals surface area contributed by atoms with E-state index in [-0.39, 0.29) is 17.2 Å².